The molecule has 0 amide bonds. The lowest BCUT2D eigenvalue weighted by Gasteiger charge is -2.13. The van der Waals surface area contributed by atoms with E-state index < -0.39 is 11.9 Å². The highest BCUT2D eigenvalue weighted by atomic mass is 16.5. The molecule has 0 atom stereocenters. The largest absolute Gasteiger partial charge is 0.465 e. The number of nitrogens with one attached hydrogen (secondary N) is 1. The summed E-state index contributed by atoms with van der Waals surface area (Å²) in [5, 5.41) is 2.86. The van der Waals surface area contributed by atoms with E-state index in [1.54, 1.807) is 0 Å². The van der Waals surface area contributed by atoms with Crippen LogP contribution >= 0.6 is 0 Å². The third kappa shape index (κ3) is 4.24. The van der Waals surface area contributed by atoms with Crippen LogP contribution in [0.25, 0.3) is 0 Å². The molecule has 0 aromatic rings. The maximum atomic E-state index is 11.3. The molecule has 0 spiro atoms. The van der Waals surface area contributed by atoms with Crippen LogP contribution in [0.3, 0.4) is 0 Å². The van der Waals surface area contributed by atoms with Crippen molar-refractivity contribution in [2.45, 2.75) is 32.1 Å². The van der Waals surface area contributed by atoms with E-state index in [0.29, 0.717) is 0 Å². The van der Waals surface area contributed by atoms with E-state index in [-0.39, 0.29) is 5.57 Å². The molecule has 0 radical (unpaired) electrons. The molecule has 0 heterocycles. The summed E-state index contributed by atoms with van der Waals surface area (Å²) >= 11 is 0. The first kappa shape index (κ1) is 14.3. The topological polar surface area (TPSA) is 64.6 Å². The minimum atomic E-state index is -0.712. The van der Waals surface area contributed by atoms with Gasteiger partial charge in [0, 0.05) is 6.20 Å². The number of carbonyl (C=O) groups is 2. The van der Waals surface area contributed by atoms with Gasteiger partial charge in [0.25, 0.3) is 0 Å². The van der Waals surface area contributed by atoms with Crippen LogP contribution in [0.4, 0.5) is 0 Å². The Bertz CT molecular complexity index is 345. The summed E-state index contributed by atoms with van der Waals surface area (Å²) in [6.07, 6.45) is 8.93. The number of rotatable bonds is 4. The fourth-order valence-corrected chi connectivity index (χ4v) is 1.81. The monoisotopic (exact) mass is 253 g/mol. The van der Waals surface area contributed by atoms with Crippen LogP contribution in [0.1, 0.15) is 32.1 Å². The van der Waals surface area contributed by atoms with E-state index in [1.165, 1.54) is 45.3 Å². The Balaban J connectivity index is 2.64. The van der Waals surface area contributed by atoms with Crippen LogP contribution in [-0.4, -0.2) is 26.2 Å². The van der Waals surface area contributed by atoms with E-state index in [4.69, 9.17) is 0 Å². The fraction of sp³-hybridized carbons (Fsp3) is 0.538. The first-order valence-electron chi connectivity index (χ1n) is 5.99. The summed E-state index contributed by atoms with van der Waals surface area (Å²) in [7, 11) is 2.44. The van der Waals surface area contributed by atoms with Crippen molar-refractivity contribution in [2.24, 2.45) is 0 Å². The Kier molecular flexibility index (Phi) is 5.97. The molecule has 18 heavy (non-hydrogen) atoms. The van der Waals surface area contributed by atoms with Crippen molar-refractivity contribution in [1.82, 2.24) is 5.32 Å². The summed E-state index contributed by atoms with van der Waals surface area (Å²) < 4.78 is 9.02. The second-order valence-corrected chi connectivity index (χ2v) is 4.07. The lowest BCUT2D eigenvalue weighted by Crippen LogP contribution is -2.18. The minimum Gasteiger partial charge on any atom is -0.465 e. The maximum absolute atomic E-state index is 11.3. The molecule has 0 aromatic carbocycles. The van der Waals surface area contributed by atoms with Gasteiger partial charge in [-0.3, -0.25) is 0 Å². The minimum absolute atomic E-state index is 0.146. The Morgan fingerprint density at radius 3 is 2.11 bits per heavy atom. The van der Waals surface area contributed by atoms with Crippen molar-refractivity contribution in [3.63, 3.8) is 0 Å². The zero-order valence-corrected chi connectivity index (χ0v) is 10.8. The second-order valence-electron chi connectivity index (χ2n) is 4.07. The smallest absolute Gasteiger partial charge is 0.346 e. The third-order valence-corrected chi connectivity index (χ3v) is 2.82. The van der Waals surface area contributed by atoms with Gasteiger partial charge in [0.15, 0.2) is 5.57 Å². The van der Waals surface area contributed by atoms with Crippen molar-refractivity contribution in [3.05, 3.63) is 23.5 Å². The van der Waals surface area contributed by atoms with Gasteiger partial charge < -0.3 is 14.8 Å². The zero-order chi connectivity index (χ0) is 13.4. The van der Waals surface area contributed by atoms with Gasteiger partial charge in [-0.1, -0.05) is 12.0 Å². The number of ether oxygens (including phenoxy) is 2. The summed E-state index contributed by atoms with van der Waals surface area (Å²) in [4.78, 5) is 22.7. The normalized spacial score (nSPS) is 14.4. The second kappa shape index (κ2) is 7.53. The Morgan fingerprint density at radius 2 is 1.61 bits per heavy atom. The van der Waals surface area contributed by atoms with Crippen LogP contribution in [0.15, 0.2) is 23.5 Å². The van der Waals surface area contributed by atoms with Crippen LogP contribution in [0, 0.1) is 0 Å². The van der Waals surface area contributed by atoms with Crippen molar-refractivity contribution in [3.8, 4) is 0 Å². The third-order valence-electron chi connectivity index (χ3n) is 2.82. The lowest BCUT2D eigenvalue weighted by atomic mass is 9.96. The average molecular weight is 253 g/mol. The highest BCUT2D eigenvalue weighted by Crippen LogP contribution is 2.21. The molecule has 1 aliphatic rings. The zero-order valence-electron chi connectivity index (χ0n) is 10.8. The summed E-state index contributed by atoms with van der Waals surface area (Å²) in [5.41, 5.74) is 1.15. The summed E-state index contributed by atoms with van der Waals surface area (Å²) in [6, 6.07) is 0. The van der Waals surface area contributed by atoms with Gasteiger partial charge >= 0.3 is 11.9 Å². The standard InChI is InChI=1S/C13H19NO4/c1-17-12(15)11(13(16)18-2)9-14-8-10-6-4-3-5-7-10/h8-9,14H,3-7H2,1-2H3. The van der Waals surface area contributed by atoms with Gasteiger partial charge in [0.2, 0.25) is 0 Å². The molecule has 0 aromatic heterocycles. The number of hydrogen-bond donors (Lipinski definition) is 1. The molecule has 0 unspecified atom stereocenters. The summed E-state index contributed by atoms with van der Waals surface area (Å²) in [5.74, 6) is -1.42. The molecule has 1 aliphatic carbocycles. The molecule has 0 aliphatic heterocycles. The highest BCUT2D eigenvalue weighted by molar-refractivity contribution is 6.13. The molecule has 5 heteroatoms. The first-order valence-corrected chi connectivity index (χ1v) is 5.99. The van der Waals surface area contributed by atoms with Crippen molar-refractivity contribution in [2.75, 3.05) is 14.2 Å². The van der Waals surface area contributed by atoms with E-state index in [9.17, 15) is 9.59 Å². The number of carbonyl (C=O) groups excluding carboxylic acids is 2. The molecule has 1 fully saturated rings. The van der Waals surface area contributed by atoms with Crippen LogP contribution in [0.5, 0.6) is 0 Å². The van der Waals surface area contributed by atoms with Crippen molar-refractivity contribution in [1.29, 1.82) is 0 Å². The van der Waals surface area contributed by atoms with Gasteiger partial charge in [-0.05, 0) is 31.9 Å². The molecule has 5 nitrogen and oxygen atoms in total. The number of methoxy groups -OCH3 is 2. The molecular formula is C13H19NO4. The van der Waals surface area contributed by atoms with Crippen molar-refractivity contribution < 1.29 is 19.1 Å². The van der Waals surface area contributed by atoms with E-state index in [2.05, 4.69) is 14.8 Å². The van der Waals surface area contributed by atoms with Gasteiger partial charge in [-0.2, -0.15) is 0 Å². The van der Waals surface area contributed by atoms with E-state index in [0.717, 1.165) is 12.8 Å². The maximum Gasteiger partial charge on any atom is 0.346 e. The summed E-state index contributed by atoms with van der Waals surface area (Å²) in [6.45, 7) is 0. The molecular weight excluding hydrogens is 234 g/mol. The molecule has 1 rings (SSSR count). The molecule has 0 saturated heterocycles. The van der Waals surface area contributed by atoms with Crippen LogP contribution in [-0.2, 0) is 19.1 Å². The Morgan fingerprint density at radius 1 is 1.06 bits per heavy atom. The molecule has 1 saturated carbocycles. The quantitative estimate of drug-likeness (QED) is 0.357. The Labute approximate surface area is 107 Å². The molecule has 0 bridgehead atoms. The molecule has 1 N–H and O–H groups in total. The van der Waals surface area contributed by atoms with Crippen LogP contribution < -0.4 is 5.32 Å². The predicted octanol–water partition coefficient (Wildman–Crippen LogP) is 1.65. The number of allylic oxidation sites excluding steroid dienone is 1. The SMILES string of the molecule is COC(=O)C(=CNC=C1CCCCC1)C(=O)OC. The van der Waals surface area contributed by atoms with Crippen LogP contribution in [0.2, 0.25) is 0 Å². The van der Waals surface area contributed by atoms with Gasteiger partial charge in [-0.15, -0.1) is 0 Å². The lowest BCUT2D eigenvalue weighted by molar-refractivity contribution is -0.144. The van der Waals surface area contributed by atoms with Crippen molar-refractivity contribution >= 4 is 11.9 Å². The number of hydrogen-bond acceptors (Lipinski definition) is 5. The van der Waals surface area contributed by atoms with Gasteiger partial charge in [-0.25, -0.2) is 9.59 Å². The fourth-order valence-electron chi connectivity index (χ4n) is 1.81. The predicted molar refractivity (Wildman–Crippen MR) is 66.4 cm³/mol. The highest BCUT2D eigenvalue weighted by Gasteiger charge is 2.19. The average Bonchev–Trinajstić information content (AvgIpc) is 2.43. The van der Waals surface area contributed by atoms with Gasteiger partial charge in [0.1, 0.15) is 0 Å². The van der Waals surface area contributed by atoms with Gasteiger partial charge in [0.05, 0.1) is 14.2 Å². The van der Waals surface area contributed by atoms with E-state index >= 15 is 0 Å². The first-order chi connectivity index (χ1) is 8.69. The molecule has 100 valence electrons. The Hall–Kier alpha value is -1.78. The van der Waals surface area contributed by atoms with E-state index in [1.807, 2.05) is 6.20 Å². The number of esters is 2.